The van der Waals surface area contributed by atoms with Crippen LogP contribution in [0.25, 0.3) is 0 Å². The molecular formula is C11H22N2O3. The highest BCUT2D eigenvalue weighted by Crippen LogP contribution is 2.38. The minimum Gasteiger partial charge on any atom is -0.379 e. The maximum absolute atomic E-state index is 11.3. The Labute approximate surface area is 96.5 Å². The summed E-state index contributed by atoms with van der Waals surface area (Å²) in [4.78, 5) is 11.3. The van der Waals surface area contributed by atoms with Crippen molar-refractivity contribution < 1.29 is 14.3 Å². The number of primary amides is 1. The van der Waals surface area contributed by atoms with Gasteiger partial charge in [0.1, 0.15) is 5.54 Å². The topological polar surface area (TPSA) is 87.6 Å². The SMILES string of the molecule is CCOCC(C)OCC(N)(C(N)=O)C1CC1. The molecule has 0 radical (unpaired) electrons. The molecule has 0 aromatic carbocycles. The van der Waals surface area contributed by atoms with Gasteiger partial charge in [-0.05, 0) is 32.6 Å². The minimum absolute atomic E-state index is 0.0685. The highest BCUT2D eigenvalue weighted by Gasteiger charge is 2.47. The fourth-order valence-electron chi connectivity index (χ4n) is 1.60. The fourth-order valence-corrected chi connectivity index (χ4v) is 1.60. The molecule has 5 heteroatoms. The molecule has 0 heterocycles. The zero-order valence-electron chi connectivity index (χ0n) is 10.1. The van der Waals surface area contributed by atoms with Gasteiger partial charge < -0.3 is 20.9 Å². The second kappa shape index (κ2) is 5.61. The van der Waals surface area contributed by atoms with E-state index < -0.39 is 11.4 Å². The Morgan fingerprint density at radius 2 is 2.19 bits per heavy atom. The number of hydrogen-bond acceptors (Lipinski definition) is 4. The van der Waals surface area contributed by atoms with E-state index in [2.05, 4.69) is 0 Å². The number of rotatable bonds is 8. The number of carbonyl (C=O) groups excluding carboxylic acids is 1. The van der Waals surface area contributed by atoms with Gasteiger partial charge in [-0.3, -0.25) is 4.79 Å². The first kappa shape index (κ1) is 13.4. The lowest BCUT2D eigenvalue weighted by Gasteiger charge is -2.27. The van der Waals surface area contributed by atoms with E-state index in [0.29, 0.717) is 13.2 Å². The molecule has 1 aliphatic rings. The summed E-state index contributed by atoms with van der Waals surface area (Å²) >= 11 is 0. The van der Waals surface area contributed by atoms with E-state index in [0.717, 1.165) is 12.8 Å². The van der Waals surface area contributed by atoms with E-state index in [9.17, 15) is 4.79 Å². The molecule has 4 N–H and O–H groups in total. The van der Waals surface area contributed by atoms with E-state index in [-0.39, 0.29) is 18.6 Å². The number of nitrogens with two attached hydrogens (primary N) is 2. The smallest absolute Gasteiger partial charge is 0.240 e. The van der Waals surface area contributed by atoms with Crippen LogP contribution in [0.1, 0.15) is 26.7 Å². The Balaban J connectivity index is 2.35. The lowest BCUT2D eigenvalue weighted by atomic mass is 9.95. The molecule has 5 nitrogen and oxygen atoms in total. The molecule has 0 saturated heterocycles. The Kier molecular flexibility index (Phi) is 4.70. The second-order valence-corrected chi connectivity index (χ2v) is 4.46. The van der Waals surface area contributed by atoms with Gasteiger partial charge in [-0.1, -0.05) is 0 Å². The lowest BCUT2D eigenvalue weighted by Crippen LogP contribution is -2.57. The van der Waals surface area contributed by atoms with Crippen molar-refractivity contribution in [2.24, 2.45) is 17.4 Å². The van der Waals surface area contributed by atoms with Crippen LogP contribution < -0.4 is 11.5 Å². The number of amides is 1. The minimum atomic E-state index is -1.000. The van der Waals surface area contributed by atoms with Crippen LogP contribution in [0, 0.1) is 5.92 Å². The first-order chi connectivity index (χ1) is 7.50. The molecule has 1 aliphatic carbocycles. The quantitative estimate of drug-likeness (QED) is 0.615. The predicted molar refractivity (Wildman–Crippen MR) is 60.7 cm³/mol. The van der Waals surface area contributed by atoms with E-state index in [4.69, 9.17) is 20.9 Å². The Morgan fingerprint density at radius 1 is 1.56 bits per heavy atom. The van der Waals surface area contributed by atoms with Crippen LogP contribution in [0.4, 0.5) is 0 Å². The fraction of sp³-hybridized carbons (Fsp3) is 0.909. The van der Waals surface area contributed by atoms with Crippen LogP contribution in [0.15, 0.2) is 0 Å². The maximum atomic E-state index is 11.3. The summed E-state index contributed by atoms with van der Waals surface area (Å²) in [6.07, 6.45) is 1.85. The van der Waals surface area contributed by atoms with Crippen LogP contribution >= 0.6 is 0 Å². The third kappa shape index (κ3) is 3.43. The molecule has 1 saturated carbocycles. The number of ether oxygens (including phenoxy) is 2. The molecule has 16 heavy (non-hydrogen) atoms. The zero-order valence-corrected chi connectivity index (χ0v) is 10.1. The molecule has 1 rings (SSSR count). The largest absolute Gasteiger partial charge is 0.379 e. The van der Waals surface area contributed by atoms with Gasteiger partial charge in [0.2, 0.25) is 5.91 Å². The van der Waals surface area contributed by atoms with E-state index in [1.807, 2.05) is 13.8 Å². The van der Waals surface area contributed by atoms with Crippen molar-refractivity contribution in [2.75, 3.05) is 19.8 Å². The highest BCUT2D eigenvalue weighted by molar-refractivity contribution is 5.85. The van der Waals surface area contributed by atoms with Crippen molar-refractivity contribution in [3.63, 3.8) is 0 Å². The predicted octanol–water partition coefficient (Wildman–Crippen LogP) is 0.0208. The maximum Gasteiger partial charge on any atom is 0.240 e. The Morgan fingerprint density at radius 3 is 2.62 bits per heavy atom. The van der Waals surface area contributed by atoms with Gasteiger partial charge in [0.25, 0.3) is 0 Å². The summed E-state index contributed by atoms with van der Waals surface area (Å²) < 4.78 is 10.7. The molecule has 0 aromatic rings. The van der Waals surface area contributed by atoms with Crippen LogP contribution in [-0.2, 0) is 14.3 Å². The van der Waals surface area contributed by atoms with E-state index in [1.165, 1.54) is 0 Å². The summed E-state index contributed by atoms with van der Waals surface area (Å²) in [5.74, 6) is -0.289. The number of carbonyl (C=O) groups is 1. The van der Waals surface area contributed by atoms with Gasteiger partial charge in [-0.25, -0.2) is 0 Å². The highest BCUT2D eigenvalue weighted by atomic mass is 16.5. The van der Waals surface area contributed by atoms with Crippen molar-refractivity contribution in [1.29, 1.82) is 0 Å². The molecule has 1 amide bonds. The van der Waals surface area contributed by atoms with Crippen molar-refractivity contribution in [3.8, 4) is 0 Å². The number of hydrogen-bond donors (Lipinski definition) is 2. The van der Waals surface area contributed by atoms with Crippen LogP contribution in [0.2, 0.25) is 0 Å². The summed E-state index contributed by atoms with van der Waals surface area (Å²) in [5.41, 5.74) is 10.3. The summed E-state index contributed by atoms with van der Waals surface area (Å²) in [6, 6.07) is 0. The van der Waals surface area contributed by atoms with Gasteiger partial charge in [-0.2, -0.15) is 0 Å². The average molecular weight is 230 g/mol. The van der Waals surface area contributed by atoms with Gasteiger partial charge in [-0.15, -0.1) is 0 Å². The van der Waals surface area contributed by atoms with E-state index >= 15 is 0 Å². The second-order valence-electron chi connectivity index (χ2n) is 4.46. The summed E-state index contributed by atoms with van der Waals surface area (Å²) in [7, 11) is 0. The average Bonchev–Trinajstić information content (AvgIpc) is 3.06. The molecule has 0 spiro atoms. The third-order valence-electron chi connectivity index (χ3n) is 2.93. The van der Waals surface area contributed by atoms with Crippen molar-refractivity contribution >= 4 is 5.91 Å². The molecule has 2 unspecified atom stereocenters. The normalized spacial score (nSPS) is 21.4. The monoisotopic (exact) mass is 230 g/mol. The van der Waals surface area contributed by atoms with E-state index in [1.54, 1.807) is 0 Å². The van der Waals surface area contributed by atoms with Crippen LogP contribution in [-0.4, -0.2) is 37.4 Å². The molecule has 94 valence electrons. The van der Waals surface area contributed by atoms with Gasteiger partial charge in [0.15, 0.2) is 0 Å². The van der Waals surface area contributed by atoms with Crippen molar-refractivity contribution in [3.05, 3.63) is 0 Å². The van der Waals surface area contributed by atoms with Crippen molar-refractivity contribution in [1.82, 2.24) is 0 Å². The Hall–Kier alpha value is -0.650. The zero-order chi connectivity index (χ0) is 12.2. The van der Waals surface area contributed by atoms with Gasteiger partial charge >= 0.3 is 0 Å². The first-order valence-corrected chi connectivity index (χ1v) is 5.78. The molecular weight excluding hydrogens is 208 g/mol. The van der Waals surface area contributed by atoms with Crippen LogP contribution in [0.5, 0.6) is 0 Å². The lowest BCUT2D eigenvalue weighted by molar-refractivity contribution is -0.128. The Bertz CT molecular complexity index is 243. The molecule has 2 atom stereocenters. The standard InChI is InChI=1S/C11H22N2O3/c1-3-15-6-8(2)16-7-11(13,10(12)14)9-4-5-9/h8-9H,3-7,13H2,1-2H3,(H2,12,14). The van der Waals surface area contributed by atoms with Gasteiger partial charge in [0, 0.05) is 6.61 Å². The molecule has 0 aromatic heterocycles. The van der Waals surface area contributed by atoms with Crippen LogP contribution in [0.3, 0.4) is 0 Å². The first-order valence-electron chi connectivity index (χ1n) is 5.78. The summed E-state index contributed by atoms with van der Waals surface area (Å²) in [6.45, 7) is 5.16. The molecule has 1 fully saturated rings. The van der Waals surface area contributed by atoms with Crippen molar-refractivity contribution in [2.45, 2.75) is 38.3 Å². The van der Waals surface area contributed by atoms with Gasteiger partial charge in [0.05, 0.1) is 19.3 Å². The molecule has 0 bridgehead atoms. The molecule has 0 aliphatic heterocycles. The summed E-state index contributed by atoms with van der Waals surface area (Å²) in [5, 5.41) is 0. The third-order valence-corrected chi connectivity index (χ3v) is 2.93.